The topological polar surface area (TPSA) is 131 Å². The van der Waals surface area contributed by atoms with E-state index in [-0.39, 0.29) is 6.61 Å². The van der Waals surface area contributed by atoms with Crippen LogP contribution in [0.5, 0.6) is 0 Å². The molecule has 4 rings (SSSR count). The van der Waals surface area contributed by atoms with Gasteiger partial charge < -0.3 is 57.4 Å². The molecule has 0 aromatic heterocycles. The number of ether oxygens (including phenoxy) is 11. The van der Waals surface area contributed by atoms with Crippen LogP contribution in [0.25, 0.3) is 0 Å². The molecule has 4 aromatic carbocycles. The van der Waals surface area contributed by atoms with Gasteiger partial charge in [-0.3, -0.25) is 0 Å². The zero-order chi connectivity index (χ0) is 41.9. The van der Waals surface area contributed by atoms with Gasteiger partial charge in [0.1, 0.15) is 12.2 Å². The summed E-state index contributed by atoms with van der Waals surface area (Å²) in [6.07, 6.45) is -0.471. The van der Waals surface area contributed by atoms with Gasteiger partial charge in [0.15, 0.2) is 0 Å². The summed E-state index contributed by atoms with van der Waals surface area (Å²) in [7, 11) is 0. The Kier molecular flexibility index (Phi) is 26.2. The average molecular weight is 834 g/mol. The number of carbonyl (C=O) groups is 1. The van der Waals surface area contributed by atoms with Crippen molar-refractivity contribution in [2.24, 2.45) is 0 Å². The molecule has 0 bridgehead atoms. The molecule has 328 valence electrons. The van der Waals surface area contributed by atoms with Gasteiger partial charge in [0.2, 0.25) is 0 Å². The highest BCUT2D eigenvalue weighted by Gasteiger charge is 2.37. The predicted molar refractivity (Wildman–Crippen MR) is 227 cm³/mol. The van der Waals surface area contributed by atoms with Crippen molar-refractivity contribution in [3.63, 3.8) is 0 Å². The molecule has 13 heteroatoms. The molecule has 0 atom stereocenters. The molecule has 0 fully saturated rings. The highest BCUT2D eigenvalue weighted by atomic mass is 16.6. The lowest BCUT2D eigenvalue weighted by Crippen LogP contribution is -2.34. The summed E-state index contributed by atoms with van der Waals surface area (Å²) in [6, 6.07) is 40.5. The summed E-state index contributed by atoms with van der Waals surface area (Å²) in [5.41, 5.74) is 3.37. The monoisotopic (exact) mass is 833 g/mol. The third-order valence-electron chi connectivity index (χ3n) is 8.79. The molecule has 13 nitrogen and oxygen atoms in total. The fourth-order valence-corrected chi connectivity index (χ4v) is 5.88. The maximum atomic E-state index is 11.7. The van der Waals surface area contributed by atoms with Gasteiger partial charge in [0.05, 0.1) is 126 Å². The Morgan fingerprint density at radius 2 is 0.650 bits per heavy atom. The van der Waals surface area contributed by atoms with Crippen LogP contribution in [0.1, 0.15) is 22.3 Å². The van der Waals surface area contributed by atoms with Crippen LogP contribution in [-0.2, 0) is 64.3 Å². The minimum Gasteiger partial charge on any atom is -0.445 e. The predicted octanol–water partition coefficient (Wildman–Crippen LogP) is 6.07. The van der Waals surface area contributed by atoms with Gasteiger partial charge in [-0.1, -0.05) is 121 Å². The number of amides is 1. The number of alkyl carbamates (subject to hydrolysis) is 1. The first kappa shape index (κ1) is 48.4. The van der Waals surface area contributed by atoms with E-state index in [0.717, 1.165) is 22.3 Å². The van der Waals surface area contributed by atoms with Crippen molar-refractivity contribution in [3.05, 3.63) is 144 Å². The van der Waals surface area contributed by atoms with Crippen molar-refractivity contribution < 1.29 is 56.9 Å². The van der Waals surface area contributed by atoms with Crippen LogP contribution in [0, 0.1) is 0 Å². The smallest absolute Gasteiger partial charge is 0.407 e. The van der Waals surface area contributed by atoms with E-state index in [9.17, 15) is 4.79 Å². The van der Waals surface area contributed by atoms with E-state index in [2.05, 4.69) is 41.7 Å². The number of benzene rings is 4. The Balaban J connectivity index is 0.850. The molecule has 60 heavy (non-hydrogen) atoms. The van der Waals surface area contributed by atoms with Crippen LogP contribution in [0.4, 0.5) is 4.79 Å². The van der Waals surface area contributed by atoms with E-state index >= 15 is 0 Å². The highest BCUT2D eigenvalue weighted by molar-refractivity contribution is 5.67. The number of hydrogen-bond acceptors (Lipinski definition) is 12. The number of nitrogens with one attached hydrogen (secondary N) is 1. The van der Waals surface area contributed by atoms with Gasteiger partial charge in [-0.05, 0) is 22.3 Å². The number of rotatable bonds is 36. The zero-order valence-electron chi connectivity index (χ0n) is 34.8. The second kappa shape index (κ2) is 32.5. The average Bonchev–Trinajstić information content (AvgIpc) is 3.30. The van der Waals surface area contributed by atoms with Crippen molar-refractivity contribution in [2.75, 3.05) is 132 Å². The Morgan fingerprint density at radius 3 is 0.983 bits per heavy atom. The standard InChI is InChI=1S/C47H63NO12/c49-46(59-41-42-13-5-1-6-14-42)48-21-22-50-23-24-51-25-26-52-27-28-53-29-30-54-31-32-55-33-34-56-35-36-57-37-38-58-39-40-60-47(43-15-7-2-8-16-43,44-17-9-3-10-18-44)45-19-11-4-12-20-45/h1-20H,21-41H2,(H,48,49). The van der Waals surface area contributed by atoms with Gasteiger partial charge in [-0.15, -0.1) is 0 Å². The fraction of sp³-hybridized carbons (Fsp3) is 0.468. The lowest BCUT2D eigenvalue weighted by Gasteiger charge is -2.36. The van der Waals surface area contributed by atoms with Crippen LogP contribution in [0.15, 0.2) is 121 Å². The summed E-state index contributed by atoms with van der Waals surface area (Å²) in [4.78, 5) is 11.7. The molecule has 0 spiro atoms. The lowest BCUT2D eigenvalue weighted by molar-refractivity contribution is -0.0399. The van der Waals surface area contributed by atoms with E-state index in [1.54, 1.807) is 0 Å². The summed E-state index contributed by atoms with van der Waals surface area (Å²) in [6.45, 7) is 9.39. The molecule has 0 heterocycles. The minimum atomic E-state index is -0.758. The van der Waals surface area contributed by atoms with Crippen molar-refractivity contribution in [1.29, 1.82) is 0 Å². The molecule has 0 unspecified atom stereocenters. The molecule has 0 aliphatic heterocycles. The summed E-state index contributed by atoms with van der Waals surface area (Å²) in [5, 5.41) is 2.65. The first-order valence-electron chi connectivity index (χ1n) is 20.7. The van der Waals surface area contributed by atoms with Gasteiger partial charge >= 0.3 is 6.09 Å². The third kappa shape index (κ3) is 20.3. The van der Waals surface area contributed by atoms with Crippen molar-refractivity contribution in [2.45, 2.75) is 12.2 Å². The van der Waals surface area contributed by atoms with E-state index < -0.39 is 11.7 Å². The van der Waals surface area contributed by atoms with Crippen LogP contribution in [0.3, 0.4) is 0 Å². The van der Waals surface area contributed by atoms with Gasteiger partial charge in [-0.2, -0.15) is 0 Å². The molecule has 1 amide bonds. The Labute approximate surface area is 355 Å². The van der Waals surface area contributed by atoms with Crippen LogP contribution < -0.4 is 5.32 Å². The van der Waals surface area contributed by atoms with Crippen molar-refractivity contribution in [1.82, 2.24) is 5.32 Å². The lowest BCUT2D eigenvalue weighted by atomic mass is 9.80. The third-order valence-corrected chi connectivity index (χ3v) is 8.79. The summed E-state index contributed by atoms with van der Waals surface area (Å²) >= 11 is 0. The second-order valence-corrected chi connectivity index (χ2v) is 13.1. The quantitative estimate of drug-likeness (QED) is 0.0422. The molecular weight excluding hydrogens is 771 g/mol. The Bertz CT molecular complexity index is 1490. The van der Waals surface area contributed by atoms with Gasteiger partial charge in [0.25, 0.3) is 0 Å². The molecule has 0 radical (unpaired) electrons. The SMILES string of the molecule is O=C(NCCOCCOCCOCCOCCOCCOCCOCCOCCOCCOC(c1ccccc1)(c1ccccc1)c1ccccc1)OCc1ccccc1. The van der Waals surface area contributed by atoms with E-state index in [1.807, 2.05) is 84.9 Å². The first-order valence-corrected chi connectivity index (χ1v) is 20.7. The van der Waals surface area contributed by atoms with E-state index in [4.69, 9.17) is 52.1 Å². The van der Waals surface area contributed by atoms with E-state index in [1.165, 1.54) is 0 Å². The molecule has 1 N–H and O–H groups in total. The Morgan fingerprint density at radius 1 is 0.367 bits per heavy atom. The van der Waals surface area contributed by atoms with Crippen LogP contribution in [0.2, 0.25) is 0 Å². The maximum absolute atomic E-state index is 11.7. The molecule has 0 saturated carbocycles. The summed E-state index contributed by atoms with van der Waals surface area (Å²) in [5.74, 6) is 0. The highest BCUT2D eigenvalue weighted by Crippen LogP contribution is 2.40. The molecule has 0 saturated heterocycles. The molecule has 4 aromatic rings. The fourth-order valence-electron chi connectivity index (χ4n) is 5.88. The van der Waals surface area contributed by atoms with Crippen molar-refractivity contribution in [3.8, 4) is 0 Å². The largest absolute Gasteiger partial charge is 0.445 e. The Hall–Kier alpha value is -4.25. The minimum absolute atomic E-state index is 0.235. The maximum Gasteiger partial charge on any atom is 0.407 e. The molecule has 0 aliphatic rings. The molecule has 0 aliphatic carbocycles. The molecular formula is C47H63NO12. The van der Waals surface area contributed by atoms with Crippen molar-refractivity contribution >= 4 is 6.09 Å². The first-order chi connectivity index (χ1) is 29.8. The summed E-state index contributed by atoms with van der Waals surface area (Å²) < 4.78 is 62.0. The number of carbonyl (C=O) groups excluding carboxylic acids is 1. The van der Waals surface area contributed by atoms with Gasteiger partial charge in [-0.25, -0.2) is 4.79 Å². The second-order valence-electron chi connectivity index (χ2n) is 13.1. The van der Waals surface area contributed by atoms with E-state index in [0.29, 0.717) is 132 Å². The van der Waals surface area contributed by atoms with Crippen LogP contribution in [-0.4, -0.2) is 138 Å². The van der Waals surface area contributed by atoms with Gasteiger partial charge in [0, 0.05) is 6.54 Å². The zero-order valence-corrected chi connectivity index (χ0v) is 34.8. The number of hydrogen-bond donors (Lipinski definition) is 1. The van der Waals surface area contributed by atoms with Crippen LogP contribution >= 0.6 is 0 Å². The normalized spacial score (nSPS) is 11.5.